The summed E-state index contributed by atoms with van der Waals surface area (Å²) in [5.41, 5.74) is 5.78. The van der Waals surface area contributed by atoms with E-state index in [1.807, 2.05) is 42.5 Å². The van der Waals surface area contributed by atoms with E-state index in [2.05, 4.69) is 0 Å². The molecule has 2 saturated carbocycles. The minimum absolute atomic E-state index is 0.000671. The van der Waals surface area contributed by atoms with Crippen molar-refractivity contribution in [3.05, 3.63) is 77.9 Å². The van der Waals surface area contributed by atoms with Crippen LogP contribution in [-0.2, 0) is 25.6 Å². The van der Waals surface area contributed by atoms with Crippen LogP contribution in [0.2, 0.25) is 0 Å². The predicted molar refractivity (Wildman–Crippen MR) is 152 cm³/mol. The molecule has 2 unspecified atom stereocenters. The Morgan fingerprint density at radius 2 is 1.48 bits per heavy atom. The number of Topliss-reactive ketones (excluding diaryl/α,β-unsaturated/α-hetero) is 4. The summed E-state index contributed by atoms with van der Waals surface area (Å²) in [5.74, 6) is -10.6. The summed E-state index contributed by atoms with van der Waals surface area (Å²) in [7, 11) is 3.12. The molecule has 214 valence electrons. The second-order valence-corrected chi connectivity index (χ2v) is 11.7. The van der Waals surface area contributed by atoms with E-state index in [0.29, 0.717) is 16.7 Å². The maximum Gasteiger partial charge on any atom is 0.235 e. The molecule has 6 atom stereocenters. The first-order valence-electron chi connectivity index (χ1n) is 13.8. The first kappa shape index (κ1) is 27.7. The Bertz CT molecular complexity index is 1670. The van der Waals surface area contributed by atoms with E-state index < -0.39 is 64.4 Å². The summed E-state index contributed by atoms with van der Waals surface area (Å²) < 4.78 is 0. The van der Waals surface area contributed by atoms with Gasteiger partial charge in [-0.15, -0.1) is 0 Å². The second-order valence-electron chi connectivity index (χ2n) is 11.7. The number of primary amides is 1. The number of amides is 1. The van der Waals surface area contributed by atoms with Crippen molar-refractivity contribution in [3.63, 3.8) is 0 Å². The van der Waals surface area contributed by atoms with Crippen molar-refractivity contribution in [1.29, 1.82) is 0 Å². The summed E-state index contributed by atoms with van der Waals surface area (Å²) in [6, 6.07) is 19.1. The molecule has 3 aliphatic rings. The molecule has 0 spiro atoms. The van der Waals surface area contributed by atoms with Crippen molar-refractivity contribution < 1.29 is 34.2 Å². The Labute approximate surface area is 241 Å². The molecule has 42 heavy (non-hydrogen) atoms. The van der Waals surface area contributed by atoms with E-state index >= 15 is 0 Å². The molecule has 6 rings (SSSR count). The summed E-state index contributed by atoms with van der Waals surface area (Å²) in [5, 5.41) is 23.4. The van der Waals surface area contributed by atoms with Gasteiger partial charge in [-0.3, -0.25) is 28.9 Å². The van der Waals surface area contributed by atoms with Gasteiger partial charge >= 0.3 is 0 Å². The number of hydrogen-bond acceptors (Lipinski definition) is 8. The molecule has 0 bridgehead atoms. The highest BCUT2D eigenvalue weighted by Gasteiger charge is 2.69. The van der Waals surface area contributed by atoms with Crippen LogP contribution in [0.15, 0.2) is 66.7 Å². The van der Waals surface area contributed by atoms with Crippen molar-refractivity contribution in [3.8, 4) is 28.0 Å². The van der Waals surface area contributed by atoms with Crippen molar-refractivity contribution >= 4 is 29.0 Å². The number of fused-ring (bicyclic) bond motifs is 3. The van der Waals surface area contributed by atoms with E-state index in [0.717, 1.165) is 11.1 Å². The van der Waals surface area contributed by atoms with Gasteiger partial charge in [0.15, 0.2) is 34.7 Å². The van der Waals surface area contributed by atoms with E-state index in [4.69, 9.17) is 5.73 Å². The highest BCUT2D eigenvalue weighted by Crippen LogP contribution is 2.53. The Kier molecular flexibility index (Phi) is 6.47. The molecule has 4 N–H and O–H groups in total. The maximum atomic E-state index is 14.3. The minimum Gasteiger partial charge on any atom is -0.507 e. The molecule has 0 radical (unpaired) electrons. The fourth-order valence-electron chi connectivity index (χ4n) is 7.38. The standard InChI is InChI=1S/C33H30N2O7/c1-35(2)26-22-14-18-13-21-19(16-9-5-3-6-10-16)15-20(17-11-7-4-8-12-17)27(36)24(21)28(37)23(18)30(39)33(22,42)31(40)25(29(26)38)32(34)41/h3-12,15,18,22-23,25-26,36,42H,13-14H2,1-2H3,(H2,34,41)/t18-,22-,23?,25?,26-,33-/m1/s1. The minimum atomic E-state index is -2.76. The number of likely N-dealkylation sites (N-methyl/N-ethyl adjacent to an activating group) is 1. The van der Waals surface area contributed by atoms with Gasteiger partial charge < -0.3 is 15.9 Å². The van der Waals surface area contributed by atoms with Crippen molar-refractivity contribution in [2.45, 2.75) is 24.5 Å². The van der Waals surface area contributed by atoms with Crippen LogP contribution >= 0.6 is 0 Å². The number of benzene rings is 3. The molecule has 3 aliphatic carbocycles. The Morgan fingerprint density at radius 3 is 2.02 bits per heavy atom. The number of carbonyl (C=O) groups excluding carboxylic acids is 5. The molecule has 0 aliphatic heterocycles. The fraction of sp³-hybridized carbons (Fsp3) is 0.303. The first-order valence-corrected chi connectivity index (χ1v) is 13.8. The highest BCUT2D eigenvalue weighted by atomic mass is 16.3. The van der Waals surface area contributed by atoms with Gasteiger partial charge in [-0.25, -0.2) is 0 Å². The molecule has 9 nitrogen and oxygen atoms in total. The SMILES string of the molecule is CN(C)[C@H]1C(=O)C(C(N)=O)C(=O)[C@]2(O)C(=O)C3C(=O)c4c(O)c(-c5ccccc5)cc(-c5ccccc5)c4C[C@@H]3C[C@H]12. The van der Waals surface area contributed by atoms with Crippen molar-refractivity contribution in [2.75, 3.05) is 14.1 Å². The van der Waals surface area contributed by atoms with Gasteiger partial charge in [-0.05, 0) is 61.2 Å². The van der Waals surface area contributed by atoms with Crippen LogP contribution < -0.4 is 5.73 Å². The summed E-state index contributed by atoms with van der Waals surface area (Å²) in [4.78, 5) is 69.0. The summed E-state index contributed by atoms with van der Waals surface area (Å²) >= 11 is 0. The summed E-state index contributed by atoms with van der Waals surface area (Å²) in [6.07, 6.45) is 0.192. The van der Waals surface area contributed by atoms with Crippen molar-refractivity contribution in [1.82, 2.24) is 4.90 Å². The Hall–Kier alpha value is -4.47. The first-order chi connectivity index (χ1) is 20.0. The molecule has 0 heterocycles. The number of carbonyl (C=O) groups is 5. The molecule has 3 aromatic carbocycles. The van der Waals surface area contributed by atoms with Crippen LogP contribution in [-0.4, -0.2) is 69.9 Å². The second kappa shape index (κ2) is 9.82. The van der Waals surface area contributed by atoms with E-state index in [9.17, 15) is 34.2 Å². The molecular weight excluding hydrogens is 536 g/mol. The van der Waals surface area contributed by atoms with Gasteiger partial charge in [-0.2, -0.15) is 0 Å². The lowest BCUT2D eigenvalue weighted by Crippen LogP contribution is -2.74. The molecule has 9 heteroatoms. The lowest BCUT2D eigenvalue weighted by molar-refractivity contribution is -0.181. The van der Waals surface area contributed by atoms with Gasteiger partial charge in [0.25, 0.3) is 0 Å². The Balaban J connectivity index is 1.55. The third-order valence-electron chi connectivity index (χ3n) is 9.23. The van der Waals surface area contributed by atoms with Crippen molar-refractivity contribution in [2.24, 2.45) is 29.4 Å². The number of phenolic OH excluding ortho intramolecular Hbond substituents is 1. The van der Waals surface area contributed by atoms with Gasteiger partial charge in [-0.1, -0.05) is 60.7 Å². The summed E-state index contributed by atoms with van der Waals surface area (Å²) in [6.45, 7) is 0. The molecule has 1 amide bonds. The maximum absolute atomic E-state index is 14.3. The lowest BCUT2D eigenvalue weighted by Gasteiger charge is -2.52. The number of aliphatic hydroxyl groups is 1. The monoisotopic (exact) mass is 566 g/mol. The zero-order valence-electron chi connectivity index (χ0n) is 23.1. The van der Waals surface area contributed by atoms with E-state index in [1.165, 1.54) is 4.90 Å². The smallest absolute Gasteiger partial charge is 0.235 e. The zero-order chi connectivity index (χ0) is 30.1. The normalized spacial score (nSPS) is 28.7. The van der Waals surface area contributed by atoms with Gasteiger partial charge in [0.2, 0.25) is 5.91 Å². The van der Waals surface area contributed by atoms with Crippen LogP contribution in [0.5, 0.6) is 5.75 Å². The zero-order valence-corrected chi connectivity index (χ0v) is 23.1. The third-order valence-corrected chi connectivity index (χ3v) is 9.23. The topological polar surface area (TPSA) is 155 Å². The van der Waals surface area contributed by atoms with Crippen LogP contribution in [0.25, 0.3) is 22.3 Å². The number of nitrogens with zero attached hydrogens (tertiary/aromatic N) is 1. The van der Waals surface area contributed by atoms with Gasteiger partial charge in [0, 0.05) is 11.5 Å². The Morgan fingerprint density at radius 1 is 0.905 bits per heavy atom. The molecular formula is C33H30N2O7. The number of nitrogens with two attached hydrogens (primary N) is 1. The number of phenols is 1. The number of rotatable bonds is 4. The highest BCUT2D eigenvalue weighted by molar-refractivity contribution is 6.32. The number of aromatic hydroxyl groups is 1. The van der Waals surface area contributed by atoms with Gasteiger partial charge in [0.1, 0.15) is 5.75 Å². The molecule has 2 fully saturated rings. The van der Waals surface area contributed by atoms with Crippen LogP contribution in [0.1, 0.15) is 22.3 Å². The quantitative estimate of drug-likeness (QED) is 0.406. The van der Waals surface area contributed by atoms with Crippen LogP contribution in [0.4, 0.5) is 0 Å². The van der Waals surface area contributed by atoms with Crippen LogP contribution in [0.3, 0.4) is 0 Å². The third kappa shape index (κ3) is 3.80. The largest absolute Gasteiger partial charge is 0.507 e. The average Bonchev–Trinajstić information content (AvgIpc) is 2.95. The van der Waals surface area contributed by atoms with Crippen LogP contribution in [0, 0.1) is 23.7 Å². The molecule has 0 saturated heterocycles. The molecule has 0 aromatic heterocycles. The average molecular weight is 567 g/mol. The fourth-order valence-corrected chi connectivity index (χ4v) is 7.38. The predicted octanol–water partition coefficient (Wildman–Crippen LogP) is 2.20. The number of ketones is 4. The van der Waals surface area contributed by atoms with E-state index in [1.54, 1.807) is 38.4 Å². The van der Waals surface area contributed by atoms with Gasteiger partial charge in [0.05, 0.1) is 17.5 Å². The molecule has 3 aromatic rings. The van der Waals surface area contributed by atoms with E-state index in [-0.39, 0.29) is 24.2 Å². The number of hydrogen-bond donors (Lipinski definition) is 3. The lowest BCUT2D eigenvalue weighted by atomic mass is 9.52.